The number of sulfonamides is 1. The van der Waals surface area contributed by atoms with Gasteiger partial charge >= 0.3 is 0 Å². The van der Waals surface area contributed by atoms with Gasteiger partial charge in [-0.3, -0.25) is 4.79 Å². The number of hydrogen-bond acceptors (Lipinski definition) is 4. The van der Waals surface area contributed by atoms with E-state index in [4.69, 9.17) is 10.2 Å². The zero-order valence-electron chi connectivity index (χ0n) is 6.47. The Morgan fingerprint density at radius 2 is 2.00 bits per heavy atom. The number of carbonyl (C=O) groups excluding carboxylic acids is 1. The molecule has 0 aliphatic carbocycles. The van der Waals surface area contributed by atoms with Crippen LogP contribution in [0.4, 0.5) is 0 Å². The lowest BCUT2D eigenvalue weighted by Gasteiger charge is -2.01. The third-order valence-corrected chi connectivity index (χ3v) is 2.40. The van der Waals surface area contributed by atoms with Crippen LogP contribution >= 0.6 is 0 Å². The molecule has 0 radical (unpaired) electrons. The van der Waals surface area contributed by atoms with Crippen molar-refractivity contribution in [2.75, 3.05) is 0 Å². The Labute approximate surface area is 74.9 Å². The van der Waals surface area contributed by atoms with Gasteiger partial charge in [0.05, 0.1) is 4.90 Å². The fourth-order valence-corrected chi connectivity index (χ4v) is 1.60. The second kappa shape index (κ2) is 3.15. The molecule has 13 heavy (non-hydrogen) atoms. The molecule has 0 saturated heterocycles. The Morgan fingerprint density at radius 1 is 1.38 bits per heavy atom. The Morgan fingerprint density at radius 3 is 2.46 bits per heavy atom. The smallest absolute Gasteiger partial charge is 0.238 e. The molecule has 6 heteroatoms. The van der Waals surface area contributed by atoms with E-state index in [9.17, 15) is 13.2 Å². The van der Waals surface area contributed by atoms with Gasteiger partial charge in [-0.05, 0) is 12.1 Å². The lowest BCUT2D eigenvalue weighted by molar-refractivity contribution is 0.112. The second-order valence-electron chi connectivity index (χ2n) is 2.38. The number of nitrogens with two attached hydrogens (primary N) is 1. The highest BCUT2D eigenvalue weighted by Gasteiger charge is 2.13. The normalized spacial score (nSPS) is 11.2. The molecule has 0 fully saturated rings. The van der Waals surface area contributed by atoms with E-state index in [1.54, 1.807) is 0 Å². The second-order valence-corrected chi connectivity index (χ2v) is 3.91. The zero-order chi connectivity index (χ0) is 10.1. The first-order chi connectivity index (χ1) is 5.95. The topological polar surface area (TPSA) is 97.5 Å². The number of phenolic OH excluding ortho intramolecular Hbond substituents is 1. The molecule has 0 atom stereocenters. The highest BCUT2D eigenvalue weighted by molar-refractivity contribution is 7.89. The van der Waals surface area contributed by atoms with E-state index in [2.05, 4.69) is 0 Å². The van der Waals surface area contributed by atoms with Gasteiger partial charge in [-0.2, -0.15) is 0 Å². The van der Waals surface area contributed by atoms with Crippen LogP contribution < -0.4 is 5.14 Å². The molecule has 0 spiro atoms. The van der Waals surface area contributed by atoms with E-state index in [1.807, 2.05) is 0 Å². The Bertz CT molecular complexity index is 438. The first-order valence-corrected chi connectivity index (χ1v) is 4.81. The van der Waals surface area contributed by atoms with E-state index in [0.29, 0.717) is 6.29 Å². The van der Waals surface area contributed by atoms with Crippen LogP contribution in [0.1, 0.15) is 10.4 Å². The zero-order valence-corrected chi connectivity index (χ0v) is 7.28. The molecule has 0 aliphatic rings. The van der Waals surface area contributed by atoms with E-state index in [0.717, 1.165) is 6.07 Å². The van der Waals surface area contributed by atoms with Crippen molar-refractivity contribution in [2.45, 2.75) is 4.90 Å². The molecular formula is C7H7NO4S. The van der Waals surface area contributed by atoms with Crippen molar-refractivity contribution in [1.82, 2.24) is 0 Å². The number of benzene rings is 1. The molecule has 0 aliphatic heterocycles. The predicted octanol–water partition coefficient (Wildman–Crippen LogP) is -0.148. The van der Waals surface area contributed by atoms with E-state index in [-0.39, 0.29) is 16.2 Å². The number of primary sulfonamides is 1. The molecule has 0 unspecified atom stereocenters. The average Bonchev–Trinajstić information content (AvgIpc) is 2.03. The lowest BCUT2D eigenvalue weighted by atomic mass is 10.2. The third kappa shape index (κ3) is 2.04. The molecule has 0 amide bonds. The number of rotatable bonds is 2. The van der Waals surface area contributed by atoms with Crippen LogP contribution in [-0.2, 0) is 10.0 Å². The van der Waals surface area contributed by atoms with Crippen molar-refractivity contribution < 1.29 is 18.3 Å². The minimum Gasteiger partial charge on any atom is -0.508 e. The van der Waals surface area contributed by atoms with Crippen LogP contribution in [0.2, 0.25) is 0 Å². The highest BCUT2D eigenvalue weighted by Crippen LogP contribution is 2.18. The van der Waals surface area contributed by atoms with Crippen molar-refractivity contribution >= 4 is 16.3 Å². The van der Waals surface area contributed by atoms with E-state index in [1.165, 1.54) is 12.1 Å². The molecule has 0 saturated carbocycles. The molecule has 0 bridgehead atoms. The largest absolute Gasteiger partial charge is 0.508 e. The molecular weight excluding hydrogens is 194 g/mol. The minimum absolute atomic E-state index is 0.0692. The summed E-state index contributed by atoms with van der Waals surface area (Å²) in [5.74, 6) is -0.255. The van der Waals surface area contributed by atoms with E-state index < -0.39 is 10.0 Å². The average molecular weight is 201 g/mol. The number of phenols is 1. The molecule has 1 rings (SSSR count). The van der Waals surface area contributed by atoms with Crippen molar-refractivity contribution in [3.63, 3.8) is 0 Å². The standard InChI is InChI=1S/C7H7NO4S/c8-13(11,12)7-3-6(10)2-1-5(7)4-9/h1-4,10H,(H2,8,11,12). The first-order valence-electron chi connectivity index (χ1n) is 3.26. The monoisotopic (exact) mass is 201 g/mol. The highest BCUT2D eigenvalue weighted by atomic mass is 32.2. The molecule has 70 valence electrons. The number of hydrogen-bond donors (Lipinski definition) is 2. The van der Waals surface area contributed by atoms with Crippen molar-refractivity contribution in [3.8, 4) is 5.75 Å². The molecule has 5 nitrogen and oxygen atoms in total. The van der Waals surface area contributed by atoms with Gasteiger partial charge in [0.25, 0.3) is 0 Å². The number of aromatic hydroxyl groups is 1. The Hall–Kier alpha value is -1.40. The molecule has 1 aromatic rings. The fraction of sp³-hybridized carbons (Fsp3) is 0. The van der Waals surface area contributed by atoms with Gasteiger partial charge in [0.2, 0.25) is 10.0 Å². The van der Waals surface area contributed by atoms with Gasteiger partial charge < -0.3 is 5.11 Å². The maximum atomic E-state index is 10.9. The first kappa shape index (κ1) is 9.69. The molecule has 0 heterocycles. The maximum Gasteiger partial charge on any atom is 0.238 e. The van der Waals surface area contributed by atoms with Gasteiger partial charge in [-0.25, -0.2) is 13.6 Å². The van der Waals surface area contributed by atoms with Crippen LogP contribution in [0.15, 0.2) is 23.1 Å². The number of carbonyl (C=O) groups is 1. The minimum atomic E-state index is -3.96. The third-order valence-electron chi connectivity index (χ3n) is 1.43. The fourth-order valence-electron chi connectivity index (χ4n) is 0.867. The van der Waals surface area contributed by atoms with Crippen molar-refractivity contribution in [3.05, 3.63) is 23.8 Å². The summed E-state index contributed by atoms with van der Waals surface area (Å²) >= 11 is 0. The lowest BCUT2D eigenvalue weighted by Crippen LogP contribution is -2.14. The van der Waals surface area contributed by atoms with Crippen molar-refractivity contribution in [1.29, 1.82) is 0 Å². The summed E-state index contributed by atoms with van der Waals surface area (Å²) in [6.07, 6.45) is 0.360. The van der Waals surface area contributed by atoms with Gasteiger partial charge in [-0.15, -0.1) is 0 Å². The van der Waals surface area contributed by atoms with Crippen molar-refractivity contribution in [2.24, 2.45) is 5.14 Å². The van der Waals surface area contributed by atoms with Gasteiger partial charge in [0.1, 0.15) is 5.75 Å². The van der Waals surface area contributed by atoms with Gasteiger partial charge in [0.15, 0.2) is 6.29 Å². The maximum absolute atomic E-state index is 10.9. The van der Waals surface area contributed by atoms with E-state index >= 15 is 0 Å². The number of aldehydes is 1. The Balaban J connectivity index is 3.50. The van der Waals surface area contributed by atoms with Crippen LogP contribution in [0.3, 0.4) is 0 Å². The van der Waals surface area contributed by atoms with Crippen LogP contribution in [0.5, 0.6) is 5.75 Å². The molecule has 1 aromatic carbocycles. The Kier molecular flexibility index (Phi) is 2.35. The molecule has 0 aromatic heterocycles. The van der Waals surface area contributed by atoms with Gasteiger partial charge in [-0.1, -0.05) is 0 Å². The summed E-state index contributed by atoms with van der Waals surface area (Å²) in [5, 5.41) is 13.8. The summed E-state index contributed by atoms with van der Waals surface area (Å²) in [6.45, 7) is 0. The van der Waals surface area contributed by atoms with Crippen LogP contribution in [-0.4, -0.2) is 19.8 Å². The predicted molar refractivity (Wildman–Crippen MR) is 44.9 cm³/mol. The summed E-state index contributed by atoms with van der Waals surface area (Å²) in [4.78, 5) is 10.0. The quantitative estimate of drug-likeness (QED) is 0.650. The summed E-state index contributed by atoms with van der Waals surface area (Å²) in [5.41, 5.74) is -0.0692. The molecule has 3 N–H and O–H groups in total. The van der Waals surface area contributed by atoms with Crippen LogP contribution in [0, 0.1) is 0 Å². The SMILES string of the molecule is NS(=O)(=O)c1cc(O)ccc1C=O. The summed E-state index contributed by atoms with van der Waals surface area (Å²) < 4.78 is 21.7. The van der Waals surface area contributed by atoms with Gasteiger partial charge in [0, 0.05) is 11.6 Å². The summed E-state index contributed by atoms with van der Waals surface area (Å²) in [6, 6.07) is 3.32. The van der Waals surface area contributed by atoms with Crippen LogP contribution in [0.25, 0.3) is 0 Å². The summed E-state index contributed by atoms with van der Waals surface area (Å²) in [7, 11) is -3.96.